The summed E-state index contributed by atoms with van der Waals surface area (Å²) in [6.45, 7) is 3.22. The summed E-state index contributed by atoms with van der Waals surface area (Å²) in [5.74, 6) is 1.81. The lowest BCUT2D eigenvalue weighted by Gasteiger charge is -2.29. The number of thiophene rings is 1. The predicted molar refractivity (Wildman–Crippen MR) is 96.7 cm³/mol. The Labute approximate surface area is 139 Å². The van der Waals surface area contributed by atoms with E-state index in [4.69, 9.17) is 0 Å². The quantitative estimate of drug-likeness (QED) is 0.646. The first-order chi connectivity index (χ1) is 10.6. The Morgan fingerprint density at radius 1 is 1.36 bits per heavy atom. The molecule has 2 rings (SSSR count). The van der Waals surface area contributed by atoms with Crippen LogP contribution in [0.5, 0.6) is 0 Å². The molecule has 1 aromatic rings. The summed E-state index contributed by atoms with van der Waals surface area (Å²) in [7, 11) is 6.12. The molecule has 0 aromatic carbocycles. The van der Waals surface area contributed by atoms with E-state index in [1.165, 1.54) is 30.6 Å². The maximum atomic E-state index is 4.39. The molecule has 4 nitrogen and oxygen atoms in total. The van der Waals surface area contributed by atoms with Crippen molar-refractivity contribution in [1.82, 2.24) is 15.5 Å². The second-order valence-corrected chi connectivity index (χ2v) is 7.53. The molecule has 22 heavy (non-hydrogen) atoms. The van der Waals surface area contributed by atoms with Gasteiger partial charge in [0.25, 0.3) is 0 Å². The number of likely N-dealkylation sites (N-methyl/N-ethyl adjacent to an activating group) is 1. The number of nitrogens with one attached hydrogen (secondary N) is 2. The van der Waals surface area contributed by atoms with Gasteiger partial charge in [0.2, 0.25) is 0 Å². The molecule has 0 saturated heterocycles. The number of aliphatic imine (C=N–C) groups is 1. The third-order valence-electron chi connectivity index (χ3n) is 4.54. The number of hydrogen-bond acceptors (Lipinski definition) is 3. The van der Waals surface area contributed by atoms with Gasteiger partial charge < -0.3 is 15.5 Å². The van der Waals surface area contributed by atoms with Crippen LogP contribution in [0.3, 0.4) is 0 Å². The fourth-order valence-corrected chi connectivity index (χ4v) is 3.93. The van der Waals surface area contributed by atoms with Gasteiger partial charge in [0.15, 0.2) is 5.96 Å². The van der Waals surface area contributed by atoms with Crippen LogP contribution in [0.25, 0.3) is 0 Å². The topological polar surface area (TPSA) is 39.7 Å². The van der Waals surface area contributed by atoms with Gasteiger partial charge in [-0.05, 0) is 57.1 Å². The highest BCUT2D eigenvalue weighted by Crippen LogP contribution is 2.24. The molecule has 1 heterocycles. The third-order valence-corrected chi connectivity index (χ3v) is 5.51. The molecule has 124 valence electrons. The highest BCUT2D eigenvalue weighted by atomic mass is 32.1. The van der Waals surface area contributed by atoms with Crippen LogP contribution in [0.1, 0.15) is 43.5 Å². The zero-order chi connectivity index (χ0) is 15.9. The first-order valence-corrected chi connectivity index (χ1v) is 9.15. The van der Waals surface area contributed by atoms with Crippen LogP contribution >= 0.6 is 11.3 Å². The second kappa shape index (κ2) is 8.53. The average Bonchev–Trinajstić information content (AvgIpc) is 3.02. The molecule has 1 aliphatic carbocycles. The van der Waals surface area contributed by atoms with E-state index in [0.717, 1.165) is 18.4 Å². The van der Waals surface area contributed by atoms with Crippen molar-refractivity contribution >= 4 is 17.3 Å². The molecule has 1 saturated carbocycles. The fraction of sp³-hybridized carbons (Fsp3) is 0.706. The molecule has 0 aliphatic heterocycles. The zero-order valence-corrected chi connectivity index (χ0v) is 15.1. The van der Waals surface area contributed by atoms with Gasteiger partial charge in [-0.3, -0.25) is 4.99 Å². The summed E-state index contributed by atoms with van der Waals surface area (Å²) in [4.78, 5) is 8.04. The van der Waals surface area contributed by atoms with Gasteiger partial charge in [0.05, 0.1) is 6.04 Å². The first kappa shape index (κ1) is 17.3. The van der Waals surface area contributed by atoms with Crippen LogP contribution < -0.4 is 10.6 Å². The molecule has 0 spiro atoms. The van der Waals surface area contributed by atoms with Crippen LogP contribution in [0.2, 0.25) is 0 Å². The molecule has 1 unspecified atom stereocenters. The number of guanidine groups is 1. The van der Waals surface area contributed by atoms with E-state index in [0.29, 0.717) is 12.1 Å². The summed E-state index contributed by atoms with van der Waals surface area (Å²) in [5.41, 5.74) is 0. The van der Waals surface area contributed by atoms with Gasteiger partial charge >= 0.3 is 0 Å². The zero-order valence-electron chi connectivity index (χ0n) is 14.3. The van der Waals surface area contributed by atoms with Crippen molar-refractivity contribution in [3.05, 3.63) is 22.4 Å². The maximum absolute atomic E-state index is 4.39. The van der Waals surface area contributed by atoms with Gasteiger partial charge in [-0.15, -0.1) is 11.3 Å². The Hall–Kier alpha value is -1.07. The van der Waals surface area contributed by atoms with Crippen LogP contribution in [0.4, 0.5) is 0 Å². The lowest BCUT2D eigenvalue weighted by atomic mass is 9.87. The Morgan fingerprint density at radius 3 is 2.64 bits per heavy atom. The third kappa shape index (κ3) is 4.99. The van der Waals surface area contributed by atoms with Crippen molar-refractivity contribution in [2.75, 3.05) is 27.7 Å². The molecule has 1 aliphatic rings. The smallest absolute Gasteiger partial charge is 0.191 e. The molecule has 0 bridgehead atoms. The van der Waals surface area contributed by atoms with Crippen molar-refractivity contribution < 1.29 is 0 Å². The van der Waals surface area contributed by atoms with E-state index < -0.39 is 0 Å². The van der Waals surface area contributed by atoms with Crippen LogP contribution in [-0.4, -0.2) is 44.6 Å². The molecular weight excluding hydrogens is 292 g/mol. The minimum absolute atomic E-state index is 0.380. The van der Waals surface area contributed by atoms with Crippen molar-refractivity contribution in [2.45, 2.75) is 44.7 Å². The Bertz CT molecular complexity index is 447. The molecule has 2 N–H and O–H groups in total. The lowest BCUT2D eigenvalue weighted by molar-refractivity contribution is 0.300. The average molecular weight is 323 g/mol. The molecule has 1 atom stereocenters. The Balaban J connectivity index is 1.85. The van der Waals surface area contributed by atoms with E-state index in [1.807, 2.05) is 18.4 Å². The van der Waals surface area contributed by atoms with Crippen molar-refractivity contribution in [1.29, 1.82) is 0 Å². The van der Waals surface area contributed by atoms with E-state index in [1.54, 1.807) is 0 Å². The molecule has 1 aromatic heterocycles. The van der Waals surface area contributed by atoms with Gasteiger partial charge in [-0.2, -0.15) is 0 Å². The van der Waals surface area contributed by atoms with Crippen molar-refractivity contribution in [2.24, 2.45) is 10.9 Å². The highest BCUT2D eigenvalue weighted by molar-refractivity contribution is 7.10. The summed E-state index contributed by atoms with van der Waals surface area (Å²) in [5, 5.41) is 9.23. The minimum Gasteiger partial charge on any atom is -0.354 e. The summed E-state index contributed by atoms with van der Waals surface area (Å²) >= 11 is 1.81. The lowest BCUT2D eigenvalue weighted by Crippen LogP contribution is -2.46. The number of rotatable bonds is 5. The molecule has 1 fully saturated rings. The molecular formula is C17H30N4S. The van der Waals surface area contributed by atoms with E-state index in [-0.39, 0.29) is 0 Å². The summed E-state index contributed by atoms with van der Waals surface area (Å²) < 4.78 is 0. The van der Waals surface area contributed by atoms with Crippen molar-refractivity contribution in [3.63, 3.8) is 0 Å². The van der Waals surface area contributed by atoms with Crippen molar-refractivity contribution in [3.8, 4) is 0 Å². The van der Waals surface area contributed by atoms with E-state index in [2.05, 4.69) is 59.1 Å². The first-order valence-electron chi connectivity index (χ1n) is 8.27. The normalized spacial score (nSPS) is 24.3. The van der Waals surface area contributed by atoms with E-state index >= 15 is 0 Å². The largest absolute Gasteiger partial charge is 0.354 e. The minimum atomic E-state index is 0.380. The van der Waals surface area contributed by atoms with Gasteiger partial charge in [0.1, 0.15) is 0 Å². The predicted octanol–water partition coefficient (Wildman–Crippen LogP) is 3.09. The Morgan fingerprint density at radius 2 is 2.09 bits per heavy atom. The maximum Gasteiger partial charge on any atom is 0.191 e. The monoisotopic (exact) mass is 322 g/mol. The molecule has 0 radical (unpaired) electrons. The van der Waals surface area contributed by atoms with E-state index in [9.17, 15) is 0 Å². The Kier molecular flexibility index (Phi) is 6.70. The summed E-state index contributed by atoms with van der Waals surface area (Å²) in [6, 6.07) is 5.27. The summed E-state index contributed by atoms with van der Waals surface area (Å²) in [6.07, 6.45) is 5.15. The number of hydrogen-bond donors (Lipinski definition) is 2. The van der Waals surface area contributed by atoms with Gasteiger partial charge in [-0.25, -0.2) is 0 Å². The standard InChI is InChI=1S/C17H30N4S/c1-13-7-9-14(10-8-13)20-17(18-2)19-12-15(21(3)4)16-6-5-11-22-16/h5-6,11,13-15H,7-10,12H2,1-4H3,(H2,18,19,20). The van der Waals surface area contributed by atoms with Crippen LogP contribution in [0, 0.1) is 5.92 Å². The second-order valence-electron chi connectivity index (χ2n) is 6.55. The van der Waals surface area contributed by atoms with Gasteiger partial charge in [-0.1, -0.05) is 13.0 Å². The van der Waals surface area contributed by atoms with Crippen LogP contribution in [0.15, 0.2) is 22.5 Å². The fourth-order valence-electron chi connectivity index (χ4n) is 3.00. The molecule has 5 heteroatoms. The molecule has 0 amide bonds. The highest BCUT2D eigenvalue weighted by Gasteiger charge is 2.20. The SMILES string of the molecule is CN=C(NCC(c1cccs1)N(C)C)NC1CCC(C)CC1. The van der Waals surface area contributed by atoms with Crippen LogP contribution in [-0.2, 0) is 0 Å². The number of nitrogens with zero attached hydrogens (tertiary/aromatic N) is 2. The van der Waals surface area contributed by atoms with Gasteiger partial charge in [0, 0.05) is 24.5 Å².